The van der Waals surface area contributed by atoms with Crippen LogP contribution in [0.4, 0.5) is 11.5 Å². The Morgan fingerprint density at radius 3 is 2.54 bits per heavy atom. The summed E-state index contributed by atoms with van der Waals surface area (Å²) < 4.78 is 5.98. The quantitative estimate of drug-likeness (QED) is 0.138. The van der Waals surface area contributed by atoms with Crippen LogP contribution >= 0.6 is 0 Å². The van der Waals surface area contributed by atoms with Gasteiger partial charge in [0.05, 0.1) is 24.9 Å². The summed E-state index contributed by atoms with van der Waals surface area (Å²) in [4.78, 5) is 6.94. The molecule has 1 aromatic carbocycles. The maximum Gasteiger partial charge on any atom is 0.217 e. The van der Waals surface area contributed by atoms with Crippen LogP contribution in [0.15, 0.2) is 53.4 Å². The Hall–Kier alpha value is -3.73. The number of hydrazone groups is 1. The average Bonchev–Trinajstić information content (AvgIpc) is 2.85. The summed E-state index contributed by atoms with van der Waals surface area (Å²) in [6, 6.07) is 14.2. The zero-order valence-corrected chi connectivity index (χ0v) is 21.5. The van der Waals surface area contributed by atoms with Crippen LogP contribution < -0.4 is 25.7 Å². The van der Waals surface area contributed by atoms with Gasteiger partial charge in [-0.2, -0.15) is 15.3 Å². The lowest BCUT2D eigenvalue weighted by molar-refractivity contribution is 0.306. The van der Waals surface area contributed by atoms with Crippen LogP contribution in [0.1, 0.15) is 51.2 Å². The first-order valence-electron chi connectivity index (χ1n) is 12.4. The number of rotatable bonds is 16. The Morgan fingerprint density at radius 2 is 1.86 bits per heavy atom. The highest BCUT2D eigenvalue weighted by molar-refractivity contribution is 5.80. The number of hydrogen-bond donors (Lipinski definition) is 3. The second-order valence-electron chi connectivity index (χ2n) is 8.21. The fraction of sp³-hybridized carbons (Fsp3) is 0.444. The van der Waals surface area contributed by atoms with Gasteiger partial charge in [0.1, 0.15) is 12.4 Å². The fourth-order valence-electron chi connectivity index (χ4n) is 3.47. The number of anilines is 2. The average molecular weight is 478 g/mol. The number of benzene rings is 1. The van der Waals surface area contributed by atoms with Gasteiger partial charge in [-0.15, -0.1) is 0 Å². The van der Waals surface area contributed by atoms with E-state index in [4.69, 9.17) is 10.00 Å². The van der Waals surface area contributed by atoms with Crippen LogP contribution in [0.25, 0.3) is 0 Å². The smallest absolute Gasteiger partial charge is 0.217 e. The van der Waals surface area contributed by atoms with Crippen LogP contribution in [0, 0.1) is 18.3 Å². The monoisotopic (exact) mass is 477 g/mol. The van der Waals surface area contributed by atoms with Crippen molar-refractivity contribution in [2.24, 2.45) is 5.10 Å². The standard InChI is InChI=1S/C27H39N7O/c1-5-13-29-25(11-12-28)30-14-17-35-27-20-24(34(15-6-2)16-7-3)19-26(32-27)33-31-21-23-10-8-9-22(4)18-23/h8-11,18-21,29-30H,5-7,13-17H2,1-4H3,(H,32,33)/b25-11+,31-21+. The lowest BCUT2D eigenvalue weighted by Gasteiger charge is -2.24. The molecule has 0 saturated carbocycles. The van der Waals surface area contributed by atoms with Crippen LogP contribution in [0.2, 0.25) is 0 Å². The van der Waals surface area contributed by atoms with Crippen molar-refractivity contribution < 1.29 is 4.74 Å². The van der Waals surface area contributed by atoms with Gasteiger partial charge >= 0.3 is 0 Å². The number of aromatic nitrogens is 1. The molecule has 0 bridgehead atoms. The van der Waals surface area contributed by atoms with Crippen molar-refractivity contribution in [1.29, 1.82) is 5.26 Å². The summed E-state index contributed by atoms with van der Waals surface area (Å²) in [6.45, 7) is 12.1. The first-order chi connectivity index (χ1) is 17.1. The summed E-state index contributed by atoms with van der Waals surface area (Å²) in [5.74, 6) is 1.85. The third-order valence-electron chi connectivity index (χ3n) is 5.02. The minimum Gasteiger partial charge on any atom is -0.476 e. The zero-order chi connectivity index (χ0) is 25.3. The summed E-state index contributed by atoms with van der Waals surface area (Å²) in [7, 11) is 0. The summed E-state index contributed by atoms with van der Waals surface area (Å²) in [6.07, 6.45) is 6.33. The van der Waals surface area contributed by atoms with Crippen molar-refractivity contribution in [1.82, 2.24) is 15.6 Å². The number of ether oxygens (including phenoxy) is 1. The summed E-state index contributed by atoms with van der Waals surface area (Å²) in [5, 5.41) is 19.7. The normalized spacial score (nSPS) is 11.2. The van der Waals surface area contributed by atoms with E-state index < -0.39 is 0 Å². The molecule has 0 fully saturated rings. The number of nitrogens with zero attached hydrogens (tertiary/aromatic N) is 4. The van der Waals surface area contributed by atoms with E-state index in [1.807, 2.05) is 24.3 Å². The Balaban J connectivity index is 2.12. The molecule has 8 nitrogen and oxygen atoms in total. The summed E-state index contributed by atoms with van der Waals surface area (Å²) in [5.41, 5.74) is 6.32. The number of allylic oxidation sites excluding steroid dienone is 1. The molecule has 2 rings (SSSR count). The molecule has 0 saturated heterocycles. The van der Waals surface area contributed by atoms with E-state index >= 15 is 0 Å². The second kappa shape index (κ2) is 16.0. The van der Waals surface area contributed by atoms with Gasteiger partial charge in [0.2, 0.25) is 5.88 Å². The van der Waals surface area contributed by atoms with Gasteiger partial charge in [-0.25, -0.2) is 0 Å². The van der Waals surface area contributed by atoms with Crippen molar-refractivity contribution in [3.8, 4) is 11.9 Å². The van der Waals surface area contributed by atoms with Gasteiger partial charge in [-0.05, 0) is 31.7 Å². The maximum atomic E-state index is 8.96. The first kappa shape index (κ1) is 27.5. The predicted octanol–water partition coefficient (Wildman–Crippen LogP) is 4.80. The van der Waals surface area contributed by atoms with Crippen LogP contribution in [-0.2, 0) is 0 Å². The number of pyridine rings is 1. The van der Waals surface area contributed by atoms with Gasteiger partial charge < -0.3 is 20.3 Å². The maximum absolute atomic E-state index is 8.96. The highest BCUT2D eigenvalue weighted by Crippen LogP contribution is 2.24. The molecule has 0 aliphatic heterocycles. The van der Waals surface area contributed by atoms with E-state index in [9.17, 15) is 0 Å². The van der Waals surface area contributed by atoms with E-state index in [1.54, 1.807) is 6.21 Å². The molecule has 0 spiro atoms. The molecule has 0 radical (unpaired) electrons. The van der Waals surface area contributed by atoms with Gasteiger partial charge in [0, 0.05) is 37.5 Å². The van der Waals surface area contributed by atoms with E-state index in [0.29, 0.717) is 30.7 Å². The Kier molecular flexibility index (Phi) is 12.6. The van der Waals surface area contributed by atoms with Gasteiger partial charge in [-0.1, -0.05) is 50.6 Å². The molecule has 188 valence electrons. The van der Waals surface area contributed by atoms with Crippen molar-refractivity contribution in [3.63, 3.8) is 0 Å². The highest BCUT2D eigenvalue weighted by Gasteiger charge is 2.10. The summed E-state index contributed by atoms with van der Waals surface area (Å²) >= 11 is 0. The molecule has 0 aliphatic rings. The molecule has 35 heavy (non-hydrogen) atoms. The van der Waals surface area contributed by atoms with E-state index in [0.717, 1.165) is 50.1 Å². The third-order valence-corrected chi connectivity index (χ3v) is 5.02. The van der Waals surface area contributed by atoms with Crippen molar-refractivity contribution in [3.05, 3.63) is 59.4 Å². The molecule has 0 unspecified atom stereocenters. The first-order valence-corrected chi connectivity index (χ1v) is 12.4. The minimum absolute atomic E-state index is 0.403. The van der Waals surface area contributed by atoms with Gasteiger partial charge in [0.15, 0.2) is 5.82 Å². The number of nitrogens with one attached hydrogen (secondary N) is 3. The molecule has 1 heterocycles. The number of nitriles is 1. The fourth-order valence-corrected chi connectivity index (χ4v) is 3.47. The molecule has 0 atom stereocenters. The molecule has 1 aromatic heterocycles. The van der Waals surface area contributed by atoms with E-state index in [1.165, 1.54) is 11.6 Å². The molecule has 8 heteroatoms. The number of hydrogen-bond acceptors (Lipinski definition) is 8. The van der Waals surface area contributed by atoms with Crippen molar-refractivity contribution >= 4 is 17.7 Å². The highest BCUT2D eigenvalue weighted by atomic mass is 16.5. The Bertz CT molecular complexity index is 991. The minimum atomic E-state index is 0.403. The number of aryl methyl sites for hydroxylation is 1. The molecular weight excluding hydrogens is 438 g/mol. The van der Waals surface area contributed by atoms with Gasteiger partial charge in [-0.3, -0.25) is 5.43 Å². The topological polar surface area (TPSA) is 97.6 Å². The van der Waals surface area contributed by atoms with Crippen LogP contribution in [-0.4, -0.2) is 44.0 Å². The lowest BCUT2D eigenvalue weighted by Crippen LogP contribution is -2.30. The van der Waals surface area contributed by atoms with E-state index in [2.05, 4.69) is 76.9 Å². The molecule has 0 aliphatic carbocycles. The van der Waals surface area contributed by atoms with Crippen molar-refractivity contribution in [2.75, 3.05) is 43.1 Å². The van der Waals surface area contributed by atoms with Gasteiger partial charge in [0.25, 0.3) is 0 Å². The van der Waals surface area contributed by atoms with Crippen LogP contribution in [0.3, 0.4) is 0 Å². The Labute approximate surface area is 210 Å². The SMILES string of the molecule is CCCN/C(=C\C#N)NCCOc1cc(N(CCC)CCC)cc(N/N=C/c2cccc(C)c2)n1. The van der Waals surface area contributed by atoms with E-state index in [-0.39, 0.29) is 0 Å². The molecule has 0 amide bonds. The molecule has 3 N–H and O–H groups in total. The molecular formula is C27H39N7O. The third kappa shape index (κ3) is 10.4. The largest absolute Gasteiger partial charge is 0.476 e. The van der Waals surface area contributed by atoms with Crippen molar-refractivity contribution in [2.45, 2.75) is 47.0 Å². The zero-order valence-electron chi connectivity index (χ0n) is 21.5. The molecule has 2 aromatic rings. The van der Waals surface area contributed by atoms with Crippen LogP contribution in [0.5, 0.6) is 5.88 Å². The Morgan fingerprint density at radius 1 is 1.09 bits per heavy atom. The predicted molar refractivity (Wildman–Crippen MR) is 145 cm³/mol. The lowest BCUT2D eigenvalue weighted by atomic mass is 10.2. The second-order valence-corrected chi connectivity index (χ2v) is 8.21.